The predicted molar refractivity (Wildman–Crippen MR) is 85.2 cm³/mol. The lowest BCUT2D eigenvalue weighted by molar-refractivity contribution is -0.137. The number of carbonyl (C=O) groups excluding carboxylic acids is 1. The number of hydrogen-bond acceptors (Lipinski definition) is 2. The van der Waals surface area contributed by atoms with E-state index < -0.39 is 11.7 Å². The van der Waals surface area contributed by atoms with Gasteiger partial charge in [0.1, 0.15) is 0 Å². The van der Waals surface area contributed by atoms with E-state index in [2.05, 4.69) is 5.32 Å². The summed E-state index contributed by atoms with van der Waals surface area (Å²) in [5, 5.41) is 12.0. The number of hydrogen-bond donors (Lipinski definition) is 2. The van der Waals surface area contributed by atoms with Crippen LogP contribution in [0.5, 0.6) is 0 Å². The van der Waals surface area contributed by atoms with Crippen molar-refractivity contribution in [3.63, 3.8) is 0 Å². The molecule has 0 saturated carbocycles. The van der Waals surface area contributed by atoms with Gasteiger partial charge in [-0.1, -0.05) is 31.2 Å². The molecule has 3 nitrogen and oxygen atoms in total. The summed E-state index contributed by atoms with van der Waals surface area (Å²) in [6.07, 6.45) is 1.11. The van der Waals surface area contributed by atoms with Crippen LogP contribution in [-0.2, 0) is 17.4 Å². The Kier molecular flexibility index (Phi) is 6.04. The normalized spacial score (nSPS) is 21.7. The molecule has 1 aromatic rings. The molecule has 24 heavy (non-hydrogen) atoms. The van der Waals surface area contributed by atoms with E-state index in [9.17, 15) is 18.0 Å². The minimum Gasteiger partial charge on any atom is -0.396 e. The molecule has 0 aliphatic heterocycles. The minimum absolute atomic E-state index is 0.0611. The van der Waals surface area contributed by atoms with Crippen molar-refractivity contribution in [1.29, 1.82) is 0 Å². The Morgan fingerprint density at radius 1 is 1.29 bits per heavy atom. The molecule has 1 amide bonds. The first-order chi connectivity index (χ1) is 11.3. The largest absolute Gasteiger partial charge is 0.416 e. The van der Waals surface area contributed by atoms with Crippen LogP contribution >= 0.6 is 0 Å². The molecule has 1 unspecified atom stereocenters. The molecule has 1 aliphatic rings. The summed E-state index contributed by atoms with van der Waals surface area (Å²) in [6.45, 7) is 1.95. The number of amides is 1. The standard InChI is InChI=1S/C18H22F3NO2/c1-2-14(17(24)22-16-8-5-13(10-16)11-23)9-12-3-6-15(7-4-12)18(19,20)21/h3-8,13-14,16,23H,2,9-11H2,1H3,(H,22,24)/t13-,14?,16+/m0/s1. The monoisotopic (exact) mass is 341 g/mol. The average Bonchev–Trinajstić information content (AvgIpc) is 2.99. The van der Waals surface area contributed by atoms with Crippen LogP contribution in [0.25, 0.3) is 0 Å². The van der Waals surface area contributed by atoms with Gasteiger partial charge in [-0.05, 0) is 37.0 Å². The van der Waals surface area contributed by atoms with Gasteiger partial charge in [-0.2, -0.15) is 13.2 Å². The smallest absolute Gasteiger partial charge is 0.396 e. The molecule has 2 N–H and O–H groups in total. The van der Waals surface area contributed by atoms with Crippen molar-refractivity contribution in [3.8, 4) is 0 Å². The van der Waals surface area contributed by atoms with E-state index in [1.165, 1.54) is 12.1 Å². The van der Waals surface area contributed by atoms with E-state index >= 15 is 0 Å². The first kappa shape index (κ1) is 18.5. The first-order valence-electron chi connectivity index (χ1n) is 8.09. The SMILES string of the molecule is CCC(Cc1ccc(C(F)(F)F)cc1)C(=O)N[C@@H]1C=C[C@H](CO)C1. The molecule has 0 fully saturated rings. The zero-order valence-corrected chi connectivity index (χ0v) is 13.5. The van der Waals surface area contributed by atoms with Gasteiger partial charge in [-0.15, -0.1) is 0 Å². The summed E-state index contributed by atoms with van der Waals surface area (Å²) in [5.41, 5.74) is 0.0232. The van der Waals surface area contributed by atoms with Gasteiger partial charge in [0.15, 0.2) is 0 Å². The maximum atomic E-state index is 12.6. The summed E-state index contributed by atoms with van der Waals surface area (Å²) < 4.78 is 37.7. The van der Waals surface area contributed by atoms with Gasteiger partial charge < -0.3 is 10.4 Å². The van der Waals surface area contributed by atoms with Crippen LogP contribution in [0.1, 0.15) is 30.9 Å². The Bertz CT molecular complexity index is 581. The van der Waals surface area contributed by atoms with Gasteiger partial charge in [0.25, 0.3) is 0 Å². The second-order valence-corrected chi connectivity index (χ2v) is 6.18. The quantitative estimate of drug-likeness (QED) is 0.780. The lowest BCUT2D eigenvalue weighted by Gasteiger charge is -2.19. The summed E-state index contributed by atoms with van der Waals surface area (Å²) in [6, 6.07) is 4.86. The Morgan fingerprint density at radius 2 is 1.96 bits per heavy atom. The molecule has 2 rings (SSSR count). The molecule has 6 heteroatoms. The maximum absolute atomic E-state index is 12.6. The molecule has 0 bridgehead atoms. The molecule has 0 saturated heterocycles. The molecule has 0 spiro atoms. The van der Waals surface area contributed by atoms with Gasteiger partial charge in [-0.25, -0.2) is 0 Å². The molecule has 0 heterocycles. The topological polar surface area (TPSA) is 49.3 Å². The van der Waals surface area contributed by atoms with Gasteiger partial charge in [0.05, 0.1) is 5.56 Å². The van der Waals surface area contributed by atoms with Crippen LogP contribution in [0.3, 0.4) is 0 Å². The van der Waals surface area contributed by atoms with E-state index in [1.54, 1.807) is 0 Å². The first-order valence-corrected chi connectivity index (χ1v) is 8.09. The van der Waals surface area contributed by atoms with Crippen LogP contribution in [-0.4, -0.2) is 23.7 Å². The highest BCUT2D eigenvalue weighted by Crippen LogP contribution is 2.29. The molecule has 3 atom stereocenters. The maximum Gasteiger partial charge on any atom is 0.416 e. The zero-order valence-electron chi connectivity index (χ0n) is 13.5. The number of carbonyl (C=O) groups is 1. The third kappa shape index (κ3) is 4.84. The molecule has 132 valence electrons. The average molecular weight is 341 g/mol. The number of rotatable bonds is 6. The Hall–Kier alpha value is -1.82. The van der Waals surface area contributed by atoms with E-state index in [1.807, 2.05) is 19.1 Å². The van der Waals surface area contributed by atoms with Crippen LogP contribution in [0.4, 0.5) is 13.2 Å². The fraction of sp³-hybridized carbons (Fsp3) is 0.500. The lowest BCUT2D eigenvalue weighted by Crippen LogP contribution is -2.38. The molecule has 1 aliphatic carbocycles. The lowest BCUT2D eigenvalue weighted by atomic mass is 9.95. The Balaban J connectivity index is 1.94. The van der Waals surface area contributed by atoms with Crippen molar-refractivity contribution in [2.75, 3.05) is 6.61 Å². The van der Waals surface area contributed by atoms with E-state index in [0.717, 1.165) is 12.1 Å². The minimum atomic E-state index is -4.35. The number of benzene rings is 1. The molecule has 0 radical (unpaired) electrons. The van der Waals surface area contributed by atoms with Crippen LogP contribution in [0.2, 0.25) is 0 Å². The predicted octanol–water partition coefficient (Wildman–Crippen LogP) is 3.33. The van der Waals surface area contributed by atoms with Crippen molar-refractivity contribution in [2.24, 2.45) is 11.8 Å². The fourth-order valence-corrected chi connectivity index (χ4v) is 2.85. The second-order valence-electron chi connectivity index (χ2n) is 6.18. The summed E-state index contributed by atoms with van der Waals surface area (Å²) in [7, 11) is 0. The van der Waals surface area contributed by atoms with Crippen molar-refractivity contribution in [3.05, 3.63) is 47.5 Å². The van der Waals surface area contributed by atoms with Crippen molar-refractivity contribution in [1.82, 2.24) is 5.32 Å². The number of aliphatic hydroxyl groups excluding tert-OH is 1. The van der Waals surface area contributed by atoms with Gasteiger partial charge in [-0.3, -0.25) is 4.79 Å². The highest BCUT2D eigenvalue weighted by Gasteiger charge is 2.30. The number of nitrogens with one attached hydrogen (secondary N) is 1. The summed E-state index contributed by atoms with van der Waals surface area (Å²) >= 11 is 0. The third-order valence-electron chi connectivity index (χ3n) is 4.36. The number of alkyl halides is 3. The van der Waals surface area contributed by atoms with Crippen molar-refractivity contribution in [2.45, 2.75) is 38.4 Å². The van der Waals surface area contributed by atoms with Crippen LogP contribution in [0.15, 0.2) is 36.4 Å². The van der Waals surface area contributed by atoms with Crippen LogP contribution in [0, 0.1) is 11.8 Å². The van der Waals surface area contributed by atoms with Crippen LogP contribution < -0.4 is 5.32 Å². The van der Waals surface area contributed by atoms with E-state index in [-0.39, 0.29) is 30.4 Å². The summed E-state index contributed by atoms with van der Waals surface area (Å²) in [4.78, 5) is 12.4. The Morgan fingerprint density at radius 3 is 2.46 bits per heavy atom. The van der Waals surface area contributed by atoms with Gasteiger partial charge in [0.2, 0.25) is 5.91 Å². The van der Waals surface area contributed by atoms with Gasteiger partial charge in [0, 0.05) is 24.5 Å². The van der Waals surface area contributed by atoms with Crippen molar-refractivity contribution >= 4 is 5.91 Å². The zero-order chi connectivity index (χ0) is 17.7. The molecule has 1 aromatic carbocycles. The third-order valence-corrected chi connectivity index (χ3v) is 4.36. The highest BCUT2D eigenvalue weighted by molar-refractivity contribution is 5.79. The number of halogens is 3. The highest BCUT2D eigenvalue weighted by atomic mass is 19.4. The second kappa shape index (κ2) is 7.83. The van der Waals surface area contributed by atoms with Crippen molar-refractivity contribution < 1.29 is 23.1 Å². The van der Waals surface area contributed by atoms with E-state index in [4.69, 9.17) is 5.11 Å². The molecule has 0 aromatic heterocycles. The Labute approximate surface area is 139 Å². The fourth-order valence-electron chi connectivity index (χ4n) is 2.85. The molecular formula is C18H22F3NO2. The van der Waals surface area contributed by atoms with E-state index in [0.29, 0.717) is 24.8 Å². The van der Waals surface area contributed by atoms with Gasteiger partial charge >= 0.3 is 6.18 Å². The summed E-state index contributed by atoms with van der Waals surface area (Å²) in [5.74, 6) is -0.320. The number of aliphatic hydroxyl groups is 1. The molecular weight excluding hydrogens is 319 g/mol.